The van der Waals surface area contributed by atoms with Crippen molar-refractivity contribution in [3.8, 4) is 0 Å². The van der Waals surface area contributed by atoms with Crippen LogP contribution in [0.1, 0.15) is 42.6 Å². The third kappa shape index (κ3) is 2.15. The van der Waals surface area contributed by atoms with E-state index in [1.54, 1.807) is 5.56 Å². The molecule has 1 atom stereocenters. The van der Waals surface area contributed by atoms with Crippen molar-refractivity contribution in [3.05, 3.63) is 35.0 Å². The van der Waals surface area contributed by atoms with E-state index in [0.29, 0.717) is 6.04 Å². The summed E-state index contributed by atoms with van der Waals surface area (Å²) < 4.78 is 0. The van der Waals surface area contributed by atoms with Crippen LogP contribution >= 0.6 is 0 Å². The molecule has 0 saturated carbocycles. The zero-order valence-corrected chi connectivity index (χ0v) is 11.8. The fourth-order valence-corrected chi connectivity index (χ4v) is 3.13. The normalized spacial score (nSPS) is 18.4. The van der Waals surface area contributed by atoms with Crippen LogP contribution in [0.5, 0.6) is 0 Å². The lowest BCUT2D eigenvalue weighted by Gasteiger charge is -2.20. The molecular formula is C15H21ClN2. The largest absolute Gasteiger partial charge is 1.00 e. The Morgan fingerprint density at radius 1 is 1.39 bits per heavy atom. The number of nitrogens with one attached hydrogen (secondary N) is 1. The number of rotatable bonds is 2. The van der Waals surface area contributed by atoms with Crippen molar-refractivity contribution in [3.63, 3.8) is 0 Å². The second-order valence-electron chi connectivity index (χ2n) is 5.21. The van der Waals surface area contributed by atoms with Crippen LogP contribution in [-0.2, 0) is 6.42 Å². The zero-order valence-electron chi connectivity index (χ0n) is 11.1. The monoisotopic (exact) mass is 264 g/mol. The Labute approximate surface area is 115 Å². The molecule has 3 N–H and O–H groups in total. The minimum Gasteiger partial charge on any atom is -1.00 e. The number of aromatic amines is 1. The van der Waals surface area contributed by atoms with Crippen LogP contribution < -0.4 is 17.7 Å². The van der Waals surface area contributed by atoms with E-state index >= 15 is 0 Å². The van der Waals surface area contributed by atoms with E-state index in [4.69, 9.17) is 0 Å². The molecule has 3 heteroatoms. The summed E-state index contributed by atoms with van der Waals surface area (Å²) in [5.74, 6) is 0. The fourth-order valence-electron chi connectivity index (χ4n) is 3.13. The number of quaternary nitrogens is 1. The number of fused-ring (bicyclic) bond motifs is 3. The lowest BCUT2D eigenvalue weighted by molar-refractivity contribution is -0.695. The maximum Gasteiger partial charge on any atom is 0.127 e. The quantitative estimate of drug-likeness (QED) is 0.729. The average molecular weight is 265 g/mol. The van der Waals surface area contributed by atoms with Gasteiger partial charge in [-0.1, -0.05) is 11.6 Å². The standard InChI is InChI=1S/C15H20N2.ClH/c1-3-16-14-6-4-5-11-12-9-10(2)7-8-13(12)17-15(11)14;/h7-9,14,16-17H,3-6H2,1-2H3;1H. The summed E-state index contributed by atoms with van der Waals surface area (Å²) in [6, 6.07) is 7.41. The molecule has 1 heterocycles. The molecule has 3 rings (SSSR count). The molecule has 1 unspecified atom stereocenters. The topological polar surface area (TPSA) is 32.4 Å². The molecule has 0 fully saturated rings. The van der Waals surface area contributed by atoms with Gasteiger partial charge in [0.2, 0.25) is 0 Å². The van der Waals surface area contributed by atoms with Crippen LogP contribution in [-0.4, -0.2) is 11.5 Å². The first kappa shape index (κ1) is 13.4. The molecule has 0 spiro atoms. The molecule has 98 valence electrons. The van der Waals surface area contributed by atoms with Crippen molar-refractivity contribution in [2.75, 3.05) is 6.54 Å². The van der Waals surface area contributed by atoms with Crippen molar-refractivity contribution < 1.29 is 17.7 Å². The Balaban J connectivity index is 0.00000120. The molecule has 1 aromatic carbocycles. The number of hydrogen-bond donors (Lipinski definition) is 2. The molecule has 0 radical (unpaired) electrons. The molecular weight excluding hydrogens is 244 g/mol. The molecule has 0 amide bonds. The van der Waals surface area contributed by atoms with E-state index in [-0.39, 0.29) is 12.4 Å². The van der Waals surface area contributed by atoms with Crippen LogP contribution in [0.4, 0.5) is 0 Å². The van der Waals surface area contributed by atoms with Crippen LogP contribution in [0.2, 0.25) is 0 Å². The number of nitrogens with two attached hydrogens (primary N) is 1. The van der Waals surface area contributed by atoms with Gasteiger partial charge >= 0.3 is 0 Å². The number of H-pyrrole nitrogens is 1. The molecule has 0 saturated heterocycles. The van der Waals surface area contributed by atoms with Crippen LogP contribution in [0.3, 0.4) is 0 Å². The molecule has 1 aliphatic rings. The number of halogens is 1. The van der Waals surface area contributed by atoms with Crippen LogP contribution in [0.25, 0.3) is 10.9 Å². The van der Waals surface area contributed by atoms with E-state index in [2.05, 4.69) is 42.3 Å². The van der Waals surface area contributed by atoms with Gasteiger partial charge in [0.1, 0.15) is 6.04 Å². The highest BCUT2D eigenvalue weighted by molar-refractivity contribution is 5.85. The van der Waals surface area contributed by atoms with E-state index in [0.717, 1.165) is 0 Å². The molecule has 0 aliphatic heterocycles. The number of aryl methyl sites for hydroxylation is 2. The Morgan fingerprint density at radius 2 is 2.22 bits per heavy atom. The van der Waals surface area contributed by atoms with Crippen molar-refractivity contribution in [2.45, 2.75) is 39.2 Å². The summed E-state index contributed by atoms with van der Waals surface area (Å²) in [5, 5.41) is 3.91. The summed E-state index contributed by atoms with van der Waals surface area (Å²) in [7, 11) is 0. The predicted octanol–water partition coefficient (Wildman–Crippen LogP) is -0.559. The Morgan fingerprint density at radius 3 is 3.00 bits per heavy atom. The molecule has 1 aromatic heterocycles. The Hall–Kier alpha value is -0.990. The first-order valence-corrected chi connectivity index (χ1v) is 6.74. The smallest absolute Gasteiger partial charge is 0.127 e. The lowest BCUT2D eigenvalue weighted by Crippen LogP contribution is -3.00. The van der Waals surface area contributed by atoms with Gasteiger partial charge < -0.3 is 22.7 Å². The van der Waals surface area contributed by atoms with Crippen molar-refractivity contribution in [1.29, 1.82) is 0 Å². The van der Waals surface area contributed by atoms with Crippen LogP contribution in [0.15, 0.2) is 18.2 Å². The van der Waals surface area contributed by atoms with E-state index < -0.39 is 0 Å². The summed E-state index contributed by atoms with van der Waals surface area (Å²) in [6.45, 7) is 5.58. The Bertz CT molecular complexity index is 545. The predicted molar refractivity (Wildman–Crippen MR) is 71.2 cm³/mol. The molecule has 0 bridgehead atoms. The van der Waals surface area contributed by atoms with Crippen molar-refractivity contribution in [2.24, 2.45) is 0 Å². The van der Waals surface area contributed by atoms with Gasteiger partial charge in [-0.25, -0.2) is 0 Å². The number of hydrogen-bond acceptors (Lipinski definition) is 0. The second-order valence-corrected chi connectivity index (χ2v) is 5.21. The minimum absolute atomic E-state index is 0. The third-order valence-electron chi connectivity index (χ3n) is 3.93. The van der Waals surface area contributed by atoms with Gasteiger partial charge in [-0.05, 0) is 44.4 Å². The molecule has 2 aromatic rings. The first-order chi connectivity index (χ1) is 8.29. The SMILES string of the molecule is CC[NH2+]C1CCCc2c1[nH]c1ccc(C)cc21.[Cl-]. The summed E-state index contributed by atoms with van der Waals surface area (Å²) in [5.41, 5.74) is 5.74. The van der Waals surface area contributed by atoms with Crippen LogP contribution in [0, 0.1) is 6.92 Å². The fraction of sp³-hybridized carbons (Fsp3) is 0.467. The van der Waals surface area contributed by atoms with Gasteiger partial charge in [0.25, 0.3) is 0 Å². The van der Waals surface area contributed by atoms with Crippen molar-refractivity contribution >= 4 is 10.9 Å². The highest BCUT2D eigenvalue weighted by Crippen LogP contribution is 2.33. The van der Waals surface area contributed by atoms with E-state index in [1.807, 2.05) is 0 Å². The van der Waals surface area contributed by atoms with Crippen molar-refractivity contribution in [1.82, 2.24) is 4.98 Å². The second kappa shape index (κ2) is 5.33. The highest BCUT2D eigenvalue weighted by Gasteiger charge is 2.25. The van der Waals surface area contributed by atoms with Gasteiger partial charge in [0, 0.05) is 17.3 Å². The van der Waals surface area contributed by atoms with Gasteiger partial charge in [0.15, 0.2) is 0 Å². The van der Waals surface area contributed by atoms with Gasteiger partial charge in [-0.3, -0.25) is 0 Å². The van der Waals surface area contributed by atoms with Gasteiger partial charge in [-0.15, -0.1) is 0 Å². The van der Waals surface area contributed by atoms with Gasteiger partial charge in [-0.2, -0.15) is 0 Å². The van der Waals surface area contributed by atoms with Gasteiger partial charge in [0.05, 0.1) is 12.2 Å². The summed E-state index contributed by atoms with van der Waals surface area (Å²) in [4.78, 5) is 3.65. The highest BCUT2D eigenvalue weighted by atomic mass is 35.5. The maximum atomic E-state index is 3.65. The molecule has 1 aliphatic carbocycles. The van der Waals surface area contributed by atoms with E-state index in [9.17, 15) is 0 Å². The number of aromatic nitrogens is 1. The first-order valence-electron chi connectivity index (χ1n) is 6.74. The summed E-state index contributed by atoms with van der Waals surface area (Å²) in [6.07, 6.45) is 3.88. The van der Waals surface area contributed by atoms with E-state index in [1.165, 1.54) is 48.0 Å². The summed E-state index contributed by atoms with van der Waals surface area (Å²) >= 11 is 0. The molecule has 2 nitrogen and oxygen atoms in total. The average Bonchev–Trinajstić information content (AvgIpc) is 2.69. The molecule has 18 heavy (non-hydrogen) atoms. The minimum atomic E-state index is 0. The third-order valence-corrected chi connectivity index (χ3v) is 3.93. The maximum absolute atomic E-state index is 3.65. The number of benzene rings is 1. The Kier molecular flexibility index (Phi) is 3.98. The zero-order chi connectivity index (χ0) is 11.8. The lowest BCUT2D eigenvalue weighted by atomic mass is 9.91.